The lowest BCUT2D eigenvalue weighted by molar-refractivity contribution is 0.0996. The maximum Gasteiger partial charge on any atom is 0.322 e. The van der Waals surface area contributed by atoms with E-state index in [2.05, 4.69) is 15.5 Å². The third-order valence-corrected chi connectivity index (χ3v) is 3.64. The quantitative estimate of drug-likeness (QED) is 0.598. The Morgan fingerprint density at radius 1 is 1.00 bits per heavy atom. The van der Waals surface area contributed by atoms with Crippen LogP contribution in [-0.2, 0) is 0 Å². The summed E-state index contributed by atoms with van der Waals surface area (Å²) < 4.78 is 10.9. The molecule has 0 atom stereocenters. The van der Waals surface area contributed by atoms with Gasteiger partial charge in [0, 0.05) is 16.0 Å². The first-order valence-electron chi connectivity index (χ1n) is 7.08. The number of aromatic nitrogens is 2. The summed E-state index contributed by atoms with van der Waals surface area (Å²) in [6.07, 6.45) is 0. The summed E-state index contributed by atoms with van der Waals surface area (Å²) in [6, 6.07) is 15.9. The van der Waals surface area contributed by atoms with E-state index < -0.39 is 5.91 Å². The van der Waals surface area contributed by atoms with Crippen molar-refractivity contribution in [3.63, 3.8) is 0 Å². The van der Waals surface area contributed by atoms with Gasteiger partial charge in [0.15, 0.2) is 5.76 Å². The van der Waals surface area contributed by atoms with E-state index in [1.54, 1.807) is 36.4 Å². The molecule has 2 heterocycles. The van der Waals surface area contributed by atoms with E-state index in [1.165, 1.54) is 0 Å². The van der Waals surface area contributed by atoms with Crippen LogP contribution in [0.5, 0.6) is 0 Å². The number of amides is 1. The lowest BCUT2D eigenvalue weighted by Crippen LogP contribution is -2.10. The van der Waals surface area contributed by atoms with Crippen molar-refractivity contribution in [2.75, 3.05) is 5.32 Å². The average molecular weight is 340 g/mol. The van der Waals surface area contributed by atoms with Crippen molar-refractivity contribution in [3.05, 3.63) is 65.4 Å². The van der Waals surface area contributed by atoms with Crippen molar-refractivity contribution >= 4 is 34.5 Å². The van der Waals surface area contributed by atoms with Crippen LogP contribution in [0.4, 0.5) is 6.01 Å². The van der Waals surface area contributed by atoms with Gasteiger partial charge in [-0.2, -0.15) is 0 Å². The lowest BCUT2D eigenvalue weighted by Gasteiger charge is -1.96. The number of halogens is 1. The minimum atomic E-state index is -0.461. The zero-order valence-electron chi connectivity index (χ0n) is 12.2. The van der Waals surface area contributed by atoms with Gasteiger partial charge >= 0.3 is 6.01 Å². The molecule has 0 unspecified atom stereocenters. The van der Waals surface area contributed by atoms with E-state index in [9.17, 15) is 4.79 Å². The highest BCUT2D eigenvalue weighted by Gasteiger charge is 2.16. The maximum atomic E-state index is 12.2. The Morgan fingerprint density at radius 2 is 1.79 bits per heavy atom. The van der Waals surface area contributed by atoms with Gasteiger partial charge in [-0.05, 0) is 36.4 Å². The molecule has 0 aliphatic carbocycles. The number of hydrogen-bond acceptors (Lipinski definition) is 5. The van der Waals surface area contributed by atoms with Gasteiger partial charge in [0.05, 0.1) is 0 Å². The van der Waals surface area contributed by atoms with E-state index in [-0.39, 0.29) is 17.7 Å². The fourth-order valence-corrected chi connectivity index (χ4v) is 2.36. The molecule has 4 aromatic rings. The Kier molecular flexibility index (Phi) is 3.51. The Bertz CT molecular complexity index is 988. The van der Waals surface area contributed by atoms with Crippen LogP contribution in [0, 0.1) is 0 Å². The van der Waals surface area contributed by atoms with Gasteiger partial charge in [-0.25, -0.2) is 0 Å². The minimum Gasteiger partial charge on any atom is -0.451 e. The van der Waals surface area contributed by atoms with Gasteiger partial charge < -0.3 is 8.83 Å². The van der Waals surface area contributed by atoms with Crippen LogP contribution < -0.4 is 5.32 Å². The van der Waals surface area contributed by atoms with Crippen LogP contribution >= 0.6 is 11.6 Å². The number of carbonyl (C=O) groups is 1. The number of fused-ring (bicyclic) bond motifs is 1. The van der Waals surface area contributed by atoms with Crippen molar-refractivity contribution in [2.24, 2.45) is 0 Å². The number of carbonyl (C=O) groups excluding carboxylic acids is 1. The number of anilines is 1. The average Bonchev–Trinajstić information content (AvgIpc) is 3.22. The molecule has 0 saturated carbocycles. The van der Waals surface area contributed by atoms with Crippen LogP contribution in [0.1, 0.15) is 10.6 Å². The summed E-state index contributed by atoms with van der Waals surface area (Å²) in [6.45, 7) is 0. The third kappa shape index (κ3) is 2.75. The standard InChI is InChI=1S/C17H10ClN3O3/c18-12-7-5-10(6-8-12)16-20-21-17(24-16)19-15(22)14-9-11-3-1-2-4-13(11)23-14/h1-9H,(H,19,21,22). The maximum absolute atomic E-state index is 12.2. The molecule has 0 spiro atoms. The van der Waals surface area contributed by atoms with Gasteiger partial charge in [0.25, 0.3) is 5.91 Å². The first kappa shape index (κ1) is 14.5. The summed E-state index contributed by atoms with van der Waals surface area (Å²) in [5.41, 5.74) is 1.34. The smallest absolute Gasteiger partial charge is 0.322 e. The molecule has 4 rings (SSSR count). The number of nitrogens with one attached hydrogen (secondary N) is 1. The molecule has 7 heteroatoms. The Balaban J connectivity index is 1.54. The van der Waals surface area contributed by atoms with Crippen molar-refractivity contribution in [1.29, 1.82) is 0 Å². The highest BCUT2D eigenvalue weighted by atomic mass is 35.5. The zero-order chi connectivity index (χ0) is 16.5. The van der Waals surface area contributed by atoms with Crippen molar-refractivity contribution in [3.8, 4) is 11.5 Å². The number of rotatable bonds is 3. The first-order chi connectivity index (χ1) is 11.7. The predicted octanol–water partition coefficient (Wildman–Crippen LogP) is 4.39. The molecule has 0 bridgehead atoms. The van der Waals surface area contributed by atoms with Crippen LogP contribution in [0.25, 0.3) is 22.4 Å². The fraction of sp³-hybridized carbons (Fsp3) is 0. The molecule has 0 fully saturated rings. The second kappa shape index (κ2) is 5.82. The van der Waals surface area contributed by atoms with Gasteiger partial charge in [-0.3, -0.25) is 10.1 Å². The third-order valence-electron chi connectivity index (χ3n) is 3.39. The highest BCUT2D eigenvalue weighted by Crippen LogP contribution is 2.23. The largest absolute Gasteiger partial charge is 0.451 e. The van der Waals surface area contributed by atoms with Crippen LogP contribution in [-0.4, -0.2) is 16.1 Å². The normalized spacial score (nSPS) is 10.9. The molecule has 0 aliphatic rings. The second-order valence-corrected chi connectivity index (χ2v) is 5.46. The zero-order valence-corrected chi connectivity index (χ0v) is 12.9. The van der Waals surface area contributed by atoms with Crippen LogP contribution in [0.3, 0.4) is 0 Å². The van der Waals surface area contributed by atoms with Crippen LogP contribution in [0.15, 0.2) is 63.4 Å². The number of hydrogen-bond donors (Lipinski definition) is 1. The number of para-hydroxylation sites is 1. The van der Waals surface area contributed by atoms with E-state index in [4.69, 9.17) is 20.4 Å². The summed E-state index contributed by atoms with van der Waals surface area (Å²) in [4.78, 5) is 12.2. The van der Waals surface area contributed by atoms with Gasteiger partial charge in [-0.1, -0.05) is 34.9 Å². The number of benzene rings is 2. The molecule has 6 nitrogen and oxygen atoms in total. The molecule has 0 saturated heterocycles. The van der Waals surface area contributed by atoms with Gasteiger partial charge in [-0.15, -0.1) is 5.10 Å². The van der Waals surface area contributed by atoms with Crippen molar-refractivity contribution in [2.45, 2.75) is 0 Å². The van der Waals surface area contributed by atoms with E-state index in [0.29, 0.717) is 16.2 Å². The number of nitrogens with zero attached hydrogens (tertiary/aromatic N) is 2. The molecule has 118 valence electrons. The van der Waals surface area contributed by atoms with E-state index >= 15 is 0 Å². The summed E-state index contributed by atoms with van der Waals surface area (Å²) in [5, 5.41) is 11.7. The molecule has 24 heavy (non-hydrogen) atoms. The molecule has 0 aliphatic heterocycles. The minimum absolute atomic E-state index is 0.00888. The molecule has 1 amide bonds. The molecular formula is C17H10ClN3O3. The van der Waals surface area contributed by atoms with Gasteiger partial charge in [0.2, 0.25) is 5.89 Å². The van der Waals surface area contributed by atoms with Crippen LogP contribution in [0.2, 0.25) is 5.02 Å². The van der Waals surface area contributed by atoms with E-state index in [1.807, 2.05) is 18.2 Å². The Morgan fingerprint density at radius 3 is 2.58 bits per heavy atom. The first-order valence-corrected chi connectivity index (χ1v) is 7.46. The topological polar surface area (TPSA) is 81.2 Å². The van der Waals surface area contributed by atoms with Crippen molar-refractivity contribution in [1.82, 2.24) is 10.2 Å². The molecular weight excluding hydrogens is 330 g/mol. The summed E-state index contributed by atoms with van der Waals surface area (Å²) in [5.74, 6) is -0.00785. The molecule has 1 N–H and O–H groups in total. The number of furan rings is 1. The molecule has 2 aromatic heterocycles. The summed E-state index contributed by atoms with van der Waals surface area (Å²) >= 11 is 5.84. The van der Waals surface area contributed by atoms with E-state index in [0.717, 1.165) is 5.39 Å². The predicted molar refractivity (Wildman–Crippen MR) is 88.9 cm³/mol. The SMILES string of the molecule is O=C(Nc1nnc(-c2ccc(Cl)cc2)o1)c1cc2ccccc2o1. The van der Waals surface area contributed by atoms with Gasteiger partial charge in [0.1, 0.15) is 5.58 Å². The lowest BCUT2D eigenvalue weighted by atomic mass is 10.2. The monoisotopic (exact) mass is 339 g/mol. The molecule has 2 aromatic carbocycles. The second-order valence-electron chi connectivity index (χ2n) is 5.02. The molecule has 0 radical (unpaired) electrons. The Labute approximate surface area is 141 Å². The summed E-state index contributed by atoms with van der Waals surface area (Å²) in [7, 11) is 0. The van der Waals surface area contributed by atoms with Crippen molar-refractivity contribution < 1.29 is 13.6 Å². The fourth-order valence-electron chi connectivity index (χ4n) is 2.24. The Hall–Kier alpha value is -3.12. The highest BCUT2D eigenvalue weighted by molar-refractivity contribution is 6.30.